The molecule has 20 heavy (non-hydrogen) atoms. The Kier molecular flexibility index (Phi) is 4.22. The quantitative estimate of drug-likeness (QED) is 0.806. The van der Waals surface area contributed by atoms with E-state index in [-0.39, 0.29) is 15.7 Å². The second-order valence-electron chi connectivity index (χ2n) is 4.11. The van der Waals surface area contributed by atoms with E-state index in [9.17, 15) is 8.42 Å². The highest BCUT2D eigenvalue weighted by molar-refractivity contribution is 9.10. The Bertz CT molecular complexity index is 765. The lowest BCUT2D eigenvalue weighted by atomic mass is 10.3. The molecule has 0 saturated carbocycles. The van der Waals surface area contributed by atoms with E-state index in [2.05, 4.69) is 25.6 Å². The highest BCUT2D eigenvalue weighted by atomic mass is 79.9. The van der Waals surface area contributed by atoms with Gasteiger partial charge in [0.2, 0.25) is 0 Å². The summed E-state index contributed by atoms with van der Waals surface area (Å²) in [6.45, 7) is 1.83. The number of anilines is 2. The first-order chi connectivity index (χ1) is 9.29. The number of hydrogen-bond donors (Lipinski definition) is 2. The van der Waals surface area contributed by atoms with E-state index < -0.39 is 10.0 Å². The molecule has 8 heteroatoms. The molecule has 0 unspecified atom stereocenters. The third-order valence-corrected chi connectivity index (χ3v) is 5.20. The highest BCUT2D eigenvalue weighted by Gasteiger charge is 2.19. The molecule has 0 saturated heterocycles. The van der Waals surface area contributed by atoms with Crippen molar-refractivity contribution >= 4 is 49.1 Å². The fraction of sp³-hybridized carbons (Fsp3) is 0.0833. The summed E-state index contributed by atoms with van der Waals surface area (Å²) in [5.41, 5.74) is 6.76. The number of nitrogens with zero attached hydrogens (tertiary/aromatic N) is 1. The molecule has 0 radical (unpaired) electrons. The minimum atomic E-state index is -3.84. The van der Waals surface area contributed by atoms with Gasteiger partial charge in [-0.25, -0.2) is 13.4 Å². The number of sulfonamides is 1. The van der Waals surface area contributed by atoms with E-state index in [1.165, 1.54) is 24.4 Å². The van der Waals surface area contributed by atoms with Gasteiger partial charge >= 0.3 is 0 Å². The van der Waals surface area contributed by atoms with Crippen molar-refractivity contribution in [2.24, 2.45) is 0 Å². The Hall–Kier alpha value is -1.31. The summed E-state index contributed by atoms with van der Waals surface area (Å²) in [6, 6.07) is 5.88. The summed E-state index contributed by atoms with van der Waals surface area (Å²) >= 11 is 9.20. The fourth-order valence-corrected chi connectivity index (χ4v) is 3.27. The van der Waals surface area contributed by atoms with Gasteiger partial charge < -0.3 is 5.73 Å². The van der Waals surface area contributed by atoms with Crippen LogP contribution >= 0.6 is 27.5 Å². The van der Waals surface area contributed by atoms with Gasteiger partial charge in [-0.2, -0.15) is 0 Å². The van der Waals surface area contributed by atoms with Gasteiger partial charge in [-0.05, 0) is 52.7 Å². The lowest BCUT2D eigenvalue weighted by Gasteiger charge is -2.10. The molecule has 0 aliphatic carbocycles. The van der Waals surface area contributed by atoms with E-state index in [0.29, 0.717) is 5.69 Å². The molecule has 2 aromatic rings. The summed E-state index contributed by atoms with van der Waals surface area (Å²) in [7, 11) is -3.84. The number of nitrogen functional groups attached to an aromatic ring is 1. The number of rotatable bonds is 3. The highest BCUT2D eigenvalue weighted by Crippen LogP contribution is 2.26. The zero-order valence-electron chi connectivity index (χ0n) is 10.4. The van der Waals surface area contributed by atoms with Gasteiger partial charge in [0.05, 0.1) is 5.02 Å². The van der Waals surface area contributed by atoms with E-state index in [0.717, 1.165) is 10.0 Å². The van der Waals surface area contributed by atoms with Gasteiger partial charge in [0.25, 0.3) is 10.0 Å². The van der Waals surface area contributed by atoms with Gasteiger partial charge in [-0.15, -0.1) is 0 Å². The largest absolute Gasteiger partial charge is 0.399 e. The molecule has 0 aliphatic heterocycles. The maximum atomic E-state index is 12.3. The van der Waals surface area contributed by atoms with E-state index in [1.54, 1.807) is 6.07 Å². The maximum absolute atomic E-state index is 12.3. The predicted octanol–water partition coefficient (Wildman–Crippen LogP) is 3.19. The minimum Gasteiger partial charge on any atom is -0.399 e. The van der Waals surface area contributed by atoms with Crippen LogP contribution in [-0.4, -0.2) is 13.4 Å². The summed E-state index contributed by atoms with van der Waals surface area (Å²) in [6.07, 6.45) is 1.52. The number of benzene rings is 1. The zero-order valence-corrected chi connectivity index (χ0v) is 13.6. The molecular weight excluding hydrogens is 366 g/mol. The molecule has 5 nitrogen and oxygen atoms in total. The molecule has 0 bridgehead atoms. The van der Waals surface area contributed by atoms with Crippen molar-refractivity contribution in [3.63, 3.8) is 0 Å². The zero-order chi connectivity index (χ0) is 14.9. The van der Waals surface area contributed by atoms with Crippen LogP contribution in [0.3, 0.4) is 0 Å². The first kappa shape index (κ1) is 15.1. The smallest absolute Gasteiger partial charge is 0.264 e. The molecule has 1 aromatic heterocycles. The number of pyridine rings is 1. The van der Waals surface area contributed by atoms with E-state index >= 15 is 0 Å². The van der Waals surface area contributed by atoms with Crippen molar-refractivity contribution in [3.05, 3.63) is 45.5 Å². The van der Waals surface area contributed by atoms with Gasteiger partial charge in [-0.3, -0.25) is 4.72 Å². The molecule has 3 N–H and O–H groups in total. The third-order valence-electron chi connectivity index (χ3n) is 2.53. The summed E-state index contributed by atoms with van der Waals surface area (Å²) in [5, 5.41) is 0.0977. The second-order valence-corrected chi connectivity index (χ2v) is 7.03. The Morgan fingerprint density at radius 1 is 1.35 bits per heavy atom. The molecule has 0 amide bonds. The van der Waals surface area contributed by atoms with Crippen molar-refractivity contribution in [2.75, 3.05) is 10.5 Å². The molecule has 0 fully saturated rings. The molecule has 1 aromatic carbocycles. The van der Waals surface area contributed by atoms with Crippen LogP contribution < -0.4 is 10.5 Å². The summed E-state index contributed by atoms with van der Waals surface area (Å²) in [4.78, 5) is 3.91. The standard InChI is InChI=1S/C12H11BrClN3O2S/c1-7-4-12(16-6-9(7)13)17-20(18,19)11-5-8(15)2-3-10(11)14/h2-6H,15H2,1H3,(H,16,17). The molecule has 106 valence electrons. The van der Waals surface area contributed by atoms with Crippen LogP contribution in [0, 0.1) is 6.92 Å². The average molecular weight is 377 g/mol. The number of halogens is 2. The topological polar surface area (TPSA) is 85.1 Å². The number of hydrogen-bond acceptors (Lipinski definition) is 4. The second kappa shape index (κ2) is 5.59. The van der Waals surface area contributed by atoms with Crippen LogP contribution in [0.15, 0.2) is 39.8 Å². The molecule has 0 atom stereocenters. The normalized spacial score (nSPS) is 11.3. The molecular formula is C12H11BrClN3O2S. The first-order valence-corrected chi connectivity index (χ1v) is 8.15. The Balaban J connectivity index is 2.40. The van der Waals surface area contributed by atoms with Crippen LogP contribution in [0.5, 0.6) is 0 Å². The SMILES string of the molecule is Cc1cc(NS(=O)(=O)c2cc(N)ccc2Cl)ncc1Br. The molecule has 0 aliphatic rings. The minimum absolute atomic E-state index is 0.0819. The fourth-order valence-electron chi connectivity index (χ4n) is 1.51. The summed E-state index contributed by atoms with van der Waals surface area (Å²) in [5.74, 6) is 0.212. The molecule has 2 rings (SSSR count). The average Bonchev–Trinajstić information content (AvgIpc) is 2.36. The lowest BCUT2D eigenvalue weighted by Crippen LogP contribution is -2.14. The van der Waals surface area contributed by atoms with Gasteiger partial charge in [0.1, 0.15) is 10.7 Å². The first-order valence-electron chi connectivity index (χ1n) is 5.49. The van der Waals surface area contributed by atoms with E-state index in [4.69, 9.17) is 17.3 Å². The van der Waals surface area contributed by atoms with Crippen LogP contribution in [-0.2, 0) is 10.0 Å². The summed E-state index contributed by atoms with van der Waals surface area (Å²) < 4.78 is 27.7. The Labute approximate surface area is 130 Å². The van der Waals surface area contributed by atoms with Crippen molar-refractivity contribution in [1.29, 1.82) is 0 Å². The number of aromatic nitrogens is 1. The van der Waals surface area contributed by atoms with Gasteiger partial charge in [-0.1, -0.05) is 11.6 Å². The lowest BCUT2D eigenvalue weighted by molar-refractivity contribution is 0.601. The maximum Gasteiger partial charge on any atom is 0.264 e. The van der Waals surface area contributed by atoms with Gasteiger partial charge in [0.15, 0.2) is 0 Å². The van der Waals surface area contributed by atoms with Crippen LogP contribution in [0.4, 0.5) is 11.5 Å². The number of nitrogens with two attached hydrogens (primary N) is 1. The Morgan fingerprint density at radius 3 is 2.70 bits per heavy atom. The molecule has 1 heterocycles. The van der Waals surface area contributed by atoms with Gasteiger partial charge in [0, 0.05) is 16.4 Å². The van der Waals surface area contributed by atoms with Crippen molar-refractivity contribution in [3.8, 4) is 0 Å². The van der Waals surface area contributed by atoms with Crippen LogP contribution in [0.2, 0.25) is 5.02 Å². The van der Waals surface area contributed by atoms with E-state index in [1.807, 2.05) is 6.92 Å². The number of aryl methyl sites for hydroxylation is 1. The van der Waals surface area contributed by atoms with Crippen LogP contribution in [0.1, 0.15) is 5.56 Å². The predicted molar refractivity (Wildman–Crippen MR) is 83.3 cm³/mol. The molecule has 0 spiro atoms. The Morgan fingerprint density at radius 2 is 2.05 bits per heavy atom. The number of nitrogens with one attached hydrogen (secondary N) is 1. The van der Waals surface area contributed by atoms with Crippen molar-refractivity contribution in [2.45, 2.75) is 11.8 Å². The van der Waals surface area contributed by atoms with Crippen LogP contribution in [0.25, 0.3) is 0 Å². The third kappa shape index (κ3) is 3.23. The van der Waals surface area contributed by atoms with Crippen molar-refractivity contribution in [1.82, 2.24) is 4.98 Å². The monoisotopic (exact) mass is 375 g/mol. The van der Waals surface area contributed by atoms with Crippen molar-refractivity contribution < 1.29 is 8.42 Å².